The van der Waals surface area contributed by atoms with E-state index in [2.05, 4.69) is 6.92 Å². The topological polar surface area (TPSA) is 29.5 Å². The van der Waals surface area contributed by atoms with Gasteiger partial charge in [-0.25, -0.2) is 0 Å². The minimum absolute atomic E-state index is 0.000811. The van der Waals surface area contributed by atoms with Crippen molar-refractivity contribution in [3.63, 3.8) is 0 Å². The number of aliphatic hydroxyl groups is 1. The molecule has 1 aliphatic heterocycles. The molecule has 0 radical (unpaired) electrons. The van der Waals surface area contributed by atoms with E-state index < -0.39 is 6.10 Å². The van der Waals surface area contributed by atoms with Crippen LogP contribution in [0.1, 0.15) is 24.6 Å². The number of thiophene rings is 1. The highest BCUT2D eigenvalue weighted by molar-refractivity contribution is 7.16. The summed E-state index contributed by atoms with van der Waals surface area (Å²) >= 11 is 7.36. The zero-order valence-corrected chi connectivity index (χ0v) is 10.2. The quantitative estimate of drug-likeness (QED) is 0.889. The van der Waals surface area contributed by atoms with Crippen molar-refractivity contribution in [1.82, 2.24) is 0 Å². The Kier molecular flexibility index (Phi) is 3.67. The van der Waals surface area contributed by atoms with Gasteiger partial charge in [0.2, 0.25) is 0 Å². The van der Waals surface area contributed by atoms with Crippen LogP contribution >= 0.6 is 22.9 Å². The van der Waals surface area contributed by atoms with Gasteiger partial charge in [0, 0.05) is 11.3 Å². The van der Waals surface area contributed by atoms with Crippen molar-refractivity contribution in [3.8, 4) is 0 Å². The van der Waals surface area contributed by atoms with E-state index in [1.54, 1.807) is 0 Å². The van der Waals surface area contributed by atoms with Gasteiger partial charge in [0.25, 0.3) is 0 Å². The van der Waals surface area contributed by atoms with Crippen LogP contribution in [0.25, 0.3) is 0 Å². The van der Waals surface area contributed by atoms with E-state index in [1.807, 2.05) is 12.1 Å². The van der Waals surface area contributed by atoms with Gasteiger partial charge in [0.05, 0.1) is 22.6 Å². The molecule has 2 rings (SSSR count). The highest BCUT2D eigenvalue weighted by atomic mass is 35.5. The first kappa shape index (κ1) is 11.4. The first-order valence-corrected chi connectivity index (χ1v) is 6.42. The van der Waals surface area contributed by atoms with Gasteiger partial charge in [-0.2, -0.15) is 0 Å². The zero-order chi connectivity index (χ0) is 10.8. The Morgan fingerprint density at radius 2 is 2.40 bits per heavy atom. The molecule has 3 atom stereocenters. The van der Waals surface area contributed by atoms with Crippen LogP contribution in [0.5, 0.6) is 0 Å². The summed E-state index contributed by atoms with van der Waals surface area (Å²) in [5.74, 6) is 0. The lowest BCUT2D eigenvalue weighted by atomic mass is 10.1. The van der Waals surface area contributed by atoms with Gasteiger partial charge in [-0.15, -0.1) is 11.3 Å². The molecule has 0 spiro atoms. The number of hydrogen-bond donors (Lipinski definition) is 1. The fourth-order valence-corrected chi connectivity index (χ4v) is 3.05. The second kappa shape index (κ2) is 4.83. The average molecular weight is 247 g/mol. The summed E-state index contributed by atoms with van der Waals surface area (Å²) in [5, 5.41) is 9.97. The highest BCUT2D eigenvalue weighted by Crippen LogP contribution is 2.27. The Morgan fingerprint density at radius 3 is 2.93 bits per heavy atom. The Hall–Kier alpha value is -0.0900. The molecule has 0 aromatic carbocycles. The van der Waals surface area contributed by atoms with Crippen LogP contribution < -0.4 is 0 Å². The van der Waals surface area contributed by atoms with E-state index >= 15 is 0 Å². The fraction of sp³-hybridized carbons (Fsp3) is 0.636. The van der Waals surface area contributed by atoms with Crippen molar-refractivity contribution in [1.29, 1.82) is 0 Å². The molecular weight excluding hydrogens is 232 g/mol. The molecule has 1 aliphatic rings. The van der Waals surface area contributed by atoms with E-state index in [1.165, 1.54) is 11.3 Å². The standard InChI is InChI=1S/C11H15ClO2S/c1-7-2-4-10(14-7)9(13)6-8-3-5-11(12)15-8/h3,5,7,9-10,13H,2,4,6H2,1H3. The number of hydrogen-bond acceptors (Lipinski definition) is 3. The summed E-state index contributed by atoms with van der Waals surface area (Å²) in [7, 11) is 0. The van der Waals surface area contributed by atoms with Gasteiger partial charge in [-0.3, -0.25) is 0 Å². The average Bonchev–Trinajstić information content (AvgIpc) is 2.75. The predicted molar refractivity (Wildman–Crippen MR) is 62.6 cm³/mol. The normalized spacial score (nSPS) is 28.2. The molecule has 1 saturated heterocycles. The van der Waals surface area contributed by atoms with Gasteiger partial charge in [-0.1, -0.05) is 11.6 Å². The first-order valence-electron chi connectivity index (χ1n) is 5.23. The number of halogens is 1. The van der Waals surface area contributed by atoms with Gasteiger partial charge in [0.1, 0.15) is 0 Å². The van der Waals surface area contributed by atoms with E-state index in [-0.39, 0.29) is 12.2 Å². The first-order chi connectivity index (χ1) is 7.15. The van der Waals surface area contributed by atoms with Gasteiger partial charge in [0.15, 0.2) is 0 Å². The zero-order valence-electron chi connectivity index (χ0n) is 8.65. The fourth-order valence-electron chi connectivity index (χ4n) is 1.92. The van der Waals surface area contributed by atoms with Crippen molar-refractivity contribution in [2.24, 2.45) is 0 Å². The van der Waals surface area contributed by atoms with Crippen LogP contribution in [0.3, 0.4) is 0 Å². The third-order valence-electron chi connectivity index (χ3n) is 2.73. The molecule has 4 heteroatoms. The van der Waals surface area contributed by atoms with E-state index in [9.17, 15) is 5.11 Å². The molecule has 2 heterocycles. The summed E-state index contributed by atoms with van der Waals surface area (Å²) in [4.78, 5) is 1.12. The minimum atomic E-state index is -0.398. The van der Waals surface area contributed by atoms with E-state index in [0.29, 0.717) is 6.42 Å². The molecule has 15 heavy (non-hydrogen) atoms. The van der Waals surface area contributed by atoms with Crippen molar-refractivity contribution in [2.75, 3.05) is 0 Å². The van der Waals surface area contributed by atoms with Crippen molar-refractivity contribution < 1.29 is 9.84 Å². The molecule has 1 aromatic heterocycles. The molecule has 0 saturated carbocycles. The Morgan fingerprint density at radius 1 is 1.60 bits per heavy atom. The van der Waals surface area contributed by atoms with Crippen molar-refractivity contribution in [2.45, 2.75) is 44.5 Å². The maximum absolute atomic E-state index is 9.97. The second-order valence-corrected chi connectivity index (χ2v) is 5.84. The SMILES string of the molecule is CC1CCC(C(O)Cc2ccc(Cl)s2)O1. The molecular formula is C11H15ClO2S. The van der Waals surface area contributed by atoms with Crippen LogP contribution in [0.15, 0.2) is 12.1 Å². The smallest absolute Gasteiger partial charge is 0.0931 e. The molecule has 3 unspecified atom stereocenters. The molecule has 0 aliphatic carbocycles. The van der Waals surface area contributed by atoms with E-state index in [0.717, 1.165) is 22.1 Å². The molecule has 84 valence electrons. The monoisotopic (exact) mass is 246 g/mol. The number of ether oxygens (including phenoxy) is 1. The summed E-state index contributed by atoms with van der Waals surface area (Å²) in [6, 6.07) is 3.83. The predicted octanol–water partition coefficient (Wildman–Crippen LogP) is 2.87. The van der Waals surface area contributed by atoms with Crippen molar-refractivity contribution >= 4 is 22.9 Å². The molecule has 0 bridgehead atoms. The lowest BCUT2D eigenvalue weighted by molar-refractivity contribution is -0.0275. The molecule has 2 nitrogen and oxygen atoms in total. The molecule has 0 amide bonds. The lowest BCUT2D eigenvalue weighted by Gasteiger charge is -2.17. The maximum Gasteiger partial charge on any atom is 0.0931 e. The largest absolute Gasteiger partial charge is 0.390 e. The summed E-state index contributed by atoms with van der Waals surface area (Å²) in [6.07, 6.45) is 2.55. The van der Waals surface area contributed by atoms with Crippen LogP contribution in [0.4, 0.5) is 0 Å². The Labute approximate surface area is 98.8 Å². The third-order valence-corrected chi connectivity index (χ3v) is 3.99. The van der Waals surface area contributed by atoms with Crippen LogP contribution in [0.2, 0.25) is 4.34 Å². The number of aliphatic hydroxyl groups excluding tert-OH is 1. The summed E-state index contributed by atoms with van der Waals surface area (Å²) < 4.78 is 6.40. The van der Waals surface area contributed by atoms with Crippen LogP contribution in [-0.4, -0.2) is 23.4 Å². The highest BCUT2D eigenvalue weighted by Gasteiger charge is 2.28. The summed E-state index contributed by atoms with van der Waals surface area (Å²) in [6.45, 7) is 2.05. The second-order valence-electron chi connectivity index (χ2n) is 4.04. The van der Waals surface area contributed by atoms with Crippen LogP contribution in [0, 0.1) is 0 Å². The molecule has 1 aromatic rings. The van der Waals surface area contributed by atoms with Gasteiger partial charge >= 0.3 is 0 Å². The van der Waals surface area contributed by atoms with Crippen LogP contribution in [-0.2, 0) is 11.2 Å². The van der Waals surface area contributed by atoms with E-state index in [4.69, 9.17) is 16.3 Å². The lowest BCUT2D eigenvalue weighted by Crippen LogP contribution is -2.27. The Bertz CT molecular complexity index is 326. The Balaban J connectivity index is 1.89. The maximum atomic E-state index is 9.97. The molecule has 1 fully saturated rings. The molecule has 1 N–H and O–H groups in total. The summed E-state index contributed by atoms with van der Waals surface area (Å²) in [5.41, 5.74) is 0. The van der Waals surface area contributed by atoms with Crippen molar-refractivity contribution in [3.05, 3.63) is 21.3 Å². The third kappa shape index (κ3) is 2.94. The van der Waals surface area contributed by atoms with Gasteiger partial charge < -0.3 is 9.84 Å². The minimum Gasteiger partial charge on any atom is -0.390 e. The number of rotatable bonds is 3. The van der Waals surface area contributed by atoms with Gasteiger partial charge in [-0.05, 0) is 31.9 Å².